The van der Waals surface area contributed by atoms with Crippen LogP contribution in [-0.2, 0) is 4.79 Å². The third-order valence-electron chi connectivity index (χ3n) is 5.70. The Morgan fingerprint density at radius 2 is 0.773 bits per heavy atom. The molecule has 0 bridgehead atoms. The Labute approximate surface area is 282 Å². The molecule has 246 valence electrons. The van der Waals surface area contributed by atoms with E-state index in [1.54, 1.807) is 18.7 Å². The van der Waals surface area contributed by atoms with Gasteiger partial charge in [-0.15, -0.1) is 11.8 Å². The number of allylic oxidation sites excluding steroid dienone is 19. The van der Waals surface area contributed by atoms with Crippen molar-refractivity contribution in [1.82, 2.24) is 0 Å². The first-order chi connectivity index (χ1) is 21.7. The predicted octanol–water partition coefficient (Wildman–Crippen LogP) is 13.3. The summed E-state index contributed by atoms with van der Waals surface area (Å²) in [6.07, 6.45) is 57.4. The number of Topliss-reactive ketones (excluding diaryl/α,β-unsaturated/α-hetero) is 1. The Hall–Kier alpha value is -2.23. The molecule has 0 aromatic carbocycles. The highest BCUT2D eigenvalue weighted by Gasteiger charge is 1.90. The fourth-order valence-corrected chi connectivity index (χ4v) is 4.68. The van der Waals surface area contributed by atoms with Crippen LogP contribution in [0.3, 0.4) is 0 Å². The number of carbonyl (C=O) groups excluding carboxylic acids is 1. The summed E-state index contributed by atoms with van der Waals surface area (Å²) in [6.45, 7) is 8.17. The van der Waals surface area contributed by atoms with E-state index >= 15 is 0 Å². The number of unbranched alkanes of at least 4 members (excludes halogenated alkanes) is 1. The van der Waals surface area contributed by atoms with Crippen LogP contribution in [0.5, 0.6) is 0 Å². The van der Waals surface area contributed by atoms with E-state index < -0.39 is 0 Å². The summed E-state index contributed by atoms with van der Waals surface area (Å²) < 4.78 is 0. The van der Waals surface area contributed by atoms with Gasteiger partial charge < -0.3 is 0 Å². The van der Waals surface area contributed by atoms with Crippen molar-refractivity contribution in [3.8, 4) is 0 Å². The van der Waals surface area contributed by atoms with Crippen molar-refractivity contribution in [1.29, 1.82) is 0 Å². The Bertz CT molecular complexity index is 894. The third-order valence-corrected chi connectivity index (χ3v) is 7.67. The molecule has 0 aliphatic carbocycles. The molecule has 0 fully saturated rings. The second-order valence-electron chi connectivity index (χ2n) is 9.96. The van der Waals surface area contributed by atoms with Crippen molar-refractivity contribution in [2.24, 2.45) is 0 Å². The number of rotatable bonds is 27. The highest BCUT2D eigenvalue weighted by atomic mass is 32.2. The van der Waals surface area contributed by atoms with Gasteiger partial charge in [-0.25, -0.2) is 0 Å². The zero-order chi connectivity index (χ0) is 32.4. The molecular formula is C41H64OS2. The van der Waals surface area contributed by atoms with E-state index in [4.69, 9.17) is 0 Å². The Morgan fingerprint density at radius 1 is 0.432 bits per heavy atom. The molecular weight excluding hydrogens is 573 g/mol. The Kier molecular flexibility index (Phi) is 42.8. The quantitative estimate of drug-likeness (QED) is 0.0659. The van der Waals surface area contributed by atoms with E-state index in [-0.39, 0.29) is 5.78 Å². The lowest BCUT2D eigenvalue weighted by molar-refractivity contribution is -0.114. The Balaban J connectivity index is 0. The van der Waals surface area contributed by atoms with Crippen LogP contribution in [0.15, 0.2) is 122 Å². The molecule has 0 unspecified atom stereocenters. The molecule has 0 N–H and O–H groups in total. The van der Waals surface area contributed by atoms with E-state index in [2.05, 4.69) is 142 Å². The van der Waals surface area contributed by atoms with E-state index in [1.807, 2.05) is 11.8 Å². The van der Waals surface area contributed by atoms with Crippen LogP contribution in [0.4, 0.5) is 0 Å². The fraction of sp³-hybridized carbons (Fsp3) is 0.488. The monoisotopic (exact) mass is 636 g/mol. The lowest BCUT2D eigenvalue weighted by Crippen LogP contribution is -1.92. The highest BCUT2D eigenvalue weighted by Crippen LogP contribution is 2.03. The second kappa shape index (κ2) is 42.9. The summed E-state index contributed by atoms with van der Waals surface area (Å²) in [5.41, 5.74) is 0. The molecule has 0 aromatic heterocycles. The number of carbonyl (C=O) groups is 1. The average molecular weight is 637 g/mol. The van der Waals surface area contributed by atoms with Crippen molar-refractivity contribution in [3.05, 3.63) is 122 Å². The molecule has 3 heteroatoms. The summed E-state index contributed by atoms with van der Waals surface area (Å²) in [4.78, 5) is 10.7. The van der Waals surface area contributed by atoms with Gasteiger partial charge >= 0.3 is 0 Å². The van der Waals surface area contributed by atoms with Crippen molar-refractivity contribution in [2.45, 2.75) is 105 Å². The normalized spacial score (nSPS) is 12.9. The summed E-state index contributed by atoms with van der Waals surface area (Å²) in [5, 5.41) is 0. The van der Waals surface area contributed by atoms with Crippen LogP contribution in [0, 0.1) is 0 Å². The minimum atomic E-state index is 0.253. The SMILES string of the molecule is CC/C=C\C/C=C\C/C=C\C/C=C\C/C=C\CCSCC.CC/C=C\C/C=C\C/C=C\C/C=C\CC/C=C/CSCC(C)=O. The van der Waals surface area contributed by atoms with Crippen LogP contribution in [0.1, 0.15) is 105 Å². The van der Waals surface area contributed by atoms with Gasteiger partial charge in [-0.1, -0.05) is 142 Å². The van der Waals surface area contributed by atoms with Gasteiger partial charge in [0.15, 0.2) is 0 Å². The van der Waals surface area contributed by atoms with E-state index in [9.17, 15) is 4.79 Å². The largest absolute Gasteiger partial charge is 0.299 e. The predicted molar refractivity (Wildman–Crippen MR) is 209 cm³/mol. The molecule has 0 aliphatic heterocycles. The summed E-state index contributed by atoms with van der Waals surface area (Å²) >= 11 is 3.68. The smallest absolute Gasteiger partial charge is 0.139 e. The zero-order valence-electron chi connectivity index (χ0n) is 28.6. The maximum absolute atomic E-state index is 10.7. The molecule has 0 rings (SSSR count). The summed E-state index contributed by atoms with van der Waals surface area (Å²) in [5.74, 6) is 4.30. The van der Waals surface area contributed by atoms with Crippen molar-refractivity contribution in [3.63, 3.8) is 0 Å². The van der Waals surface area contributed by atoms with Crippen LogP contribution >= 0.6 is 23.5 Å². The second-order valence-corrected chi connectivity index (χ2v) is 12.4. The first kappa shape index (κ1) is 43.9. The van der Waals surface area contributed by atoms with E-state index in [0.29, 0.717) is 5.75 Å². The van der Waals surface area contributed by atoms with Crippen LogP contribution in [-0.4, -0.2) is 28.8 Å². The fourth-order valence-electron chi connectivity index (χ4n) is 3.41. The van der Waals surface area contributed by atoms with Crippen LogP contribution < -0.4 is 0 Å². The molecule has 0 radical (unpaired) electrons. The molecule has 0 amide bonds. The molecule has 0 spiro atoms. The van der Waals surface area contributed by atoms with Gasteiger partial charge in [-0.05, 0) is 95.5 Å². The molecule has 0 saturated carbocycles. The average Bonchev–Trinajstić information content (AvgIpc) is 3.02. The first-order valence-electron chi connectivity index (χ1n) is 16.8. The standard InChI is InChI=1S/C21H32OS.C20H32S/c1-3-4-5-6-7-8-9-10-11-12-13-14-15-16-17-18-19-23-20-21(2)22;1-3-5-6-7-8-9-10-11-12-13-14-15-16-17-18-19-20-21-4-2/h4-5,7-8,10-11,13-14,17-18H,3,6,9,12,15-16,19-20H2,1-2H3;5-6,8-9,11-12,14-15,17-18H,3-4,7,10,13,16,19-20H2,1-2H3/b5-4-,8-7-,11-10-,14-13-,18-17+;6-5-,9-8-,12-11-,15-14-,18-17-. The van der Waals surface area contributed by atoms with E-state index in [1.165, 1.54) is 17.9 Å². The minimum Gasteiger partial charge on any atom is -0.299 e. The zero-order valence-corrected chi connectivity index (χ0v) is 30.2. The molecule has 0 aromatic rings. The lowest BCUT2D eigenvalue weighted by Gasteiger charge is -1.92. The topological polar surface area (TPSA) is 17.1 Å². The molecule has 0 atom stereocenters. The van der Waals surface area contributed by atoms with Gasteiger partial charge in [0.05, 0.1) is 5.75 Å². The number of hydrogen-bond donors (Lipinski definition) is 0. The number of hydrogen-bond acceptors (Lipinski definition) is 3. The number of ketones is 1. The molecule has 0 saturated heterocycles. The maximum atomic E-state index is 10.7. The van der Waals surface area contributed by atoms with Gasteiger partial charge in [0.25, 0.3) is 0 Å². The van der Waals surface area contributed by atoms with E-state index in [0.717, 1.165) is 76.4 Å². The molecule has 0 aliphatic rings. The summed E-state index contributed by atoms with van der Waals surface area (Å²) in [7, 11) is 0. The van der Waals surface area contributed by atoms with Crippen LogP contribution in [0.25, 0.3) is 0 Å². The first-order valence-corrected chi connectivity index (χ1v) is 19.1. The maximum Gasteiger partial charge on any atom is 0.139 e. The highest BCUT2D eigenvalue weighted by molar-refractivity contribution is 8.00. The minimum absolute atomic E-state index is 0.253. The van der Waals surface area contributed by atoms with Gasteiger partial charge in [-0.2, -0.15) is 11.8 Å². The molecule has 1 nitrogen and oxygen atoms in total. The molecule has 44 heavy (non-hydrogen) atoms. The molecule has 0 heterocycles. The van der Waals surface area contributed by atoms with Gasteiger partial charge in [0.1, 0.15) is 5.78 Å². The van der Waals surface area contributed by atoms with Gasteiger partial charge in [0.2, 0.25) is 0 Å². The summed E-state index contributed by atoms with van der Waals surface area (Å²) in [6, 6.07) is 0. The van der Waals surface area contributed by atoms with Gasteiger partial charge in [-0.3, -0.25) is 4.79 Å². The third kappa shape index (κ3) is 46.7. The van der Waals surface area contributed by atoms with Crippen molar-refractivity contribution in [2.75, 3.05) is 23.0 Å². The van der Waals surface area contributed by atoms with Crippen LogP contribution in [0.2, 0.25) is 0 Å². The van der Waals surface area contributed by atoms with Crippen molar-refractivity contribution < 1.29 is 4.79 Å². The Morgan fingerprint density at radius 3 is 1.14 bits per heavy atom. The lowest BCUT2D eigenvalue weighted by atomic mass is 10.2. The van der Waals surface area contributed by atoms with Gasteiger partial charge in [0, 0.05) is 5.75 Å². The van der Waals surface area contributed by atoms with Crippen molar-refractivity contribution >= 4 is 29.3 Å². The number of thioether (sulfide) groups is 2.